The Hall–Kier alpha value is -1.39. The fourth-order valence-electron chi connectivity index (χ4n) is 2.34. The summed E-state index contributed by atoms with van der Waals surface area (Å²) in [5.74, 6) is -0.227. The van der Waals surface area contributed by atoms with Crippen LogP contribution in [0.25, 0.3) is 0 Å². The molecule has 0 unspecified atom stereocenters. The lowest BCUT2D eigenvalue weighted by Gasteiger charge is -2.31. The number of anilines is 1. The van der Waals surface area contributed by atoms with Crippen molar-refractivity contribution < 1.29 is 4.39 Å². The molecule has 1 aromatic heterocycles. The van der Waals surface area contributed by atoms with E-state index in [1.165, 1.54) is 10.9 Å². The largest absolute Gasteiger partial charge is 0.364 e. The summed E-state index contributed by atoms with van der Waals surface area (Å²) in [6.45, 7) is 6.83. The summed E-state index contributed by atoms with van der Waals surface area (Å²) in [4.78, 5) is 3.46. The van der Waals surface area contributed by atoms with Crippen LogP contribution in [0.4, 0.5) is 10.1 Å². The van der Waals surface area contributed by atoms with Gasteiger partial charge in [0.2, 0.25) is 0 Å². The number of nitrogens with two attached hydrogens (primary N) is 1. The van der Waals surface area contributed by atoms with Crippen molar-refractivity contribution in [2.45, 2.75) is 39.4 Å². The van der Waals surface area contributed by atoms with Gasteiger partial charge in [-0.05, 0) is 44.4 Å². The quantitative estimate of drug-likeness (QED) is 0.889. The number of nitrogens with zero attached hydrogens (tertiary/aromatic N) is 1. The van der Waals surface area contributed by atoms with Gasteiger partial charge in [-0.2, -0.15) is 0 Å². The molecule has 0 fully saturated rings. The number of thiophene rings is 1. The van der Waals surface area contributed by atoms with Crippen LogP contribution in [0.5, 0.6) is 0 Å². The Kier molecular flexibility index (Phi) is 4.78. The molecule has 0 aliphatic rings. The van der Waals surface area contributed by atoms with E-state index >= 15 is 0 Å². The first-order valence-corrected chi connectivity index (χ1v) is 7.71. The van der Waals surface area contributed by atoms with Crippen molar-refractivity contribution in [2.75, 3.05) is 4.90 Å². The van der Waals surface area contributed by atoms with Gasteiger partial charge < -0.3 is 10.6 Å². The molecule has 0 radical (unpaired) electrons. The lowest BCUT2D eigenvalue weighted by Crippen LogP contribution is -2.31. The average Bonchev–Trinajstić information content (AvgIpc) is 2.87. The molecular weight excluding hydrogens is 271 g/mol. The van der Waals surface area contributed by atoms with Crippen LogP contribution in [0, 0.1) is 5.82 Å². The highest BCUT2D eigenvalue weighted by Gasteiger charge is 2.20. The van der Waals surface area contributed by atoms with E-state index in [4.69, 9.17) is 5.73 Å². The van der Waals surface area contributed by atoms with Gasteiger partial charge in [-0.3, -0.25) is 0 Å². The second-order valence-corrected chi connectivity index (χ2v) is 6.29. The molecule has 0 bridgehead atoms. The van der Waals surface area contributed by atoms with Crippen LogP contribution < -0.4 is 10.6 Å². The highest BCUT2D eigenvalue weighted by Crippen LogP contribution is 2.31. The maximum absolute atomic E-state index is 14.1. The molecule has 0 saturated carbocycles. The number of halogens is 1. The first-order chi connectivity index (χ1) is 9.50. The van der Waals surface area contributed by atoms with E-state index < -0.39 is 0 Å². The summed E-state index contributed by atoms with van der Waals surface area (Å²) >= 11 is 1.72. The van der Waals surface area contributed by atoms with Gasteiger partial charge in [-0.25, -0.2) is 4.39 Å². The molecule has 4 heteroatoms. The van der Waals surface area contributed by atoms with Crippen LogP contribution in [0.1, 0.15) is 37.3 Å². The zero-order chi connectivity index (χ0) is 14.7. The number of rotatable bonds is 5. The first kappa shape index (κ1) is 15.0. The van der Waals surface area contributed by atoms with Crippen LogP contribution in [0.3, 0.4) is 0 Å². The summed E-state index contributed by atoms with van der Waals surface area (Å²) in [6.07, 6.45) is 0. The molecule has 1 aromatic carbocycles. The molecule has 0 aliphatic heterocycles. The molecule has 2 aromatic rings. The Balaban J connectivity index is 2.42. The van der Waals surface area contributed by atoms with Gasteiger partial charge in [0.05, 0.1) is 6.54 Å². The molecular formula is C16H21FN2S. The normalized spacial score (nSPS) is 12.7. The SMILES string of the molecule is CC(C)N(Cc1cccs1)c1cccc(F)c1[C@H](C)N. The topological polar surface area (TPSA) is 29.3 Å². The molecule has 20 heavy (non-hydrogen) atoms. The third kappa shape index (κ3) is 3.19. The van der Waals surface area contributed by atoms with Crippen molar-refractivity contribution >= 4 is 17.0 Å². The van der Waals surface area contributed by atoms with Crippen molar-refractivity contribution in [3.63, 3.8) is 0 Å². The predicted molar refractivity (Wildman–Crippen MR) is 84.6 cm³/mol. The van der Waals surface area contributed by atoms with Gasteiger partial charge in [0, 0.05) is 28.2 Å². The van der Waals surface area contributed by atoms with Crippen molar-refractivity contribution in [1.82, 2.24) is 0 Å². The Morgan fingerprint density at radius 2 is 1.95 bits per heavy atom. The minimum absolute atomic E-state index is 0.227. The molecule has 2 nitrogen and oxygen atoms in total. The van der Waals surface area contributed by atoms with Crippen LogP contribution in [0.2, 0.25) is 0 Å². The summed E-state index contributed by atoms with van der Waals surface area (Å²) in [7, 11) is 0. The maximum Gasteiger partial charge on any atom is 0.130 e. The van der Waals surface area contributed by atoms with Crippen LogP contribution >= 0.6 is 11.3 Å². The van der Waals surface area contributed by atoms with Crippen molar-refractivity contribution in [3.05, 3.63) is 52.0 Å². The van der Waals surface area contributed by atoms with E-state index in [0.29, 0.717) is 5.56 Å². The molecule has 0 aliphatic carbocycles. The molecule has 2 N–H and O–H groups in total. The van der Waals surface area contributed by atoms with Crippen LogP contribution in [-0.4, -0.2) is 6.04 Å². The summed E-state index contributed by atoms with van der Waals surface area (Å²) in [5.41, 5.74) is 7.45. The first-order valence-electron chi connectivity index (χ1n) is 6.83. The van der Waals surface area contributed by atoms with Gasteiger partial charge in [-0.1, -0.05) is 12.1 Å². The van der Waals surface area contributed by atoms with E-state index in [1.54, 1.807) is 17.4 Å². The molecule has 0 saturated heterocycles. The monoisotopic (exact) mass is 292 g/mol. The molecule has 108 valence electrons. The van der Waals surface area contributed by atoms with Crippen molar-refractivity contribution in [3.8, 4) is 0 Å². The Labute approximate surface area is 124 Å². The highest BCUT2D eigenvalue weighted by atomic mass is 32.1. The molecule has 0 spiro atoms. The van der Waals surface area contributed by atoms with E-state index in [2.05, 4.69) is 30.2 Å². The predicted octanol–water partition coefficient (Wildman–Crippen LogP) is 4.32. The number of hydrogen-bond donors (Lipinski definition) is 1. The number of benzene rings is 1. The number of hydrogen-bond acceptors (Lipinski definition) is 3. The van der Waals surface area contributed by atoms with Crippen LogP contribution in [0.15, 0.2) is 35.7 Å². The lowest BCUT2D eigenvalue weighted by molar-refractivity contribution is 0.586. The van der Waals surface area contributed by atoms with E-state index in [1.807, 2.05) is 19.1 Å². The van der Waals surface area contributed by atoms with E-state index in [-0.39, 0.29) is 17.9 Å². The standard InChI is InChI=1S/C16H21FN2S/c1-11(2)19(10-13-6-5-9-20-13)15-8-4-7-14(17)16(15)12(3)18/h4-9,11-12H,10,18H2,1-3H3/t12-/m0/s1. The van der Waals surface area contributed by atoms with E-state index in [0.717, 1.165) is 12.2 Å². The molecule has 1 atom stereocenters. The van der Waals surface area contributed by atoms with Crippen molar-refractivity contribution in [2.24, 2.45) is 5.73 Å². The van der Waals surface area contributed by atoms with Gasteiger partial charge in [0.1, 0.15) is 5.82 Å². The van der Waals surface area contributed by atoms with Gasteiger partial charge in [0.15, 0.2) is 0 Å². The smallest absolute Gasteiger partial charge is 0.130 e. The third-order valence-electron chi connectivity index (χ3n) is 3.32. The highest BCUT2D eigenvalue weighted by molar-refractivity contribution is 7.09. The second kappa shape index (κ2) is 6.37. The minimum atomic E-state index is -0.323. The zero-order valence-corrected chi connectivity index (χ0v) is 13.0. The Morgan fingerprint density at radius 3 is 2.50 bits per heavy atom. The van der Waals surface area contributed by atoms with Gasteiger partial charge >= 0.3 is 0 Å². The molecule has 1 heterocycles. The average molecular weight is 292 g/mol. The Bertz CT molecular complexity index is 550. The fraction of sp³-hybridized carbons (Fsp3) is 0.375. The van der Waals surface area contributed by atoms with E-state index in [9.17, 15) is 4.39 Å². The second-order valence-electron chi connectivity index (χ2n) is 5.26. The van der Waals surface area contributed by atoms with Crippen molar-refractivity contribution in [1.29, 1.82) is 0 Å². The lowest BCUT2D eigenvalue weighted by atomic mass is 10.0. The molecule has 0 amide bonds. The summed E-state index contributed by atoms with van der Waals surface area (Å²) < 4.78 is 14.1. The third-order valence-corrected chi connectivity index (χ3v) is 4.19. The molecule has 2 rings (SSSR count). The summed E-state index contributed by atoms with van der Waals surface area (Å²) in [6, 6.07) is 9.27. The zero-order valence-electron chi connectivity index (χ0n) is 12.1. The fourth-order valence-corrected chi connectivity index (χ4v) is 3.05. The maximum atomic E-state index is 14.1. The Morgan fingerprint density at radius 1 is 1.20 bits per heavy atom. The van der Waals surface area contributed by atoms with Gasteiger partial charge in [-0.15, -0.1) is 11.3 Å². The van der Waals surface area contributed by atoms with Crippen LogP contribution in [-0.2, 0) is 6.54 Å². The summed E-state index contributed by atoms with van der Waals surface area (Å²) in [5, 5.41) is 2.06. The van der Waals surface area contributed by atoms with Gasteiger partial charge in [0.25, 0.3) is 0 Å². The minimum Gasteiger partial charge on any atom is -0.364 e.